The lowest BCUT2D eigenvalue weighted by atomic mass is 10.1. The van der Waals surface area contributed by atoms with Crippen LogP contribution in [0.25, 0.3) is 27.8 Å². The zero-order valence-corrected chi connectivity index (χ0v) is 17.1. The minimum Gasteiger partial charge on any atom is -0.370 e. The van der Waals surface area contributed by atoms with Gasteiger partial charge in [-0.3, -0.25) is 4.98 Å². The molecule has 0 saturated heterocycles. The number of nitrogens with one attached hydrogen (secondary N) is 2. The molecule has 5 rings (SSSR count). The van der Waals surface area contributed by atoms with Crippen molar-refractivity contribution in [2.24, 2.45) is 0 Å². The Morgan fingerprint density at radius 1 is 1.10 bits per heavy atom. The Kier molecular flexibility index (Phi) is 4.62. The van der Waals surface area contributed by atoms with Crippen molar-refractivity contribution < 1.29 is 8.78 Å². The number of aromatic nitrogens is 5. The van der Waals surface area contributed by atoms with Gasteiger partial charge in [0.05, 0.1) is 23.6 Å². The summed E-state index contributed by atoms with van der Waals surface area (Å²) in [6, 6.07) is 8.34. The number of nitrogens with zero attached hydrogens (tertiary/aromatic N) is 4. The van der Waals surface area contributed by atoms with Gasteiger partial charge in [-0.15, -0.1) is 0 Å². The Morgan fingerprint density at radius 3 is 2.81 bits per heavy atom. The number of fused-ring (bicyclic) bond motifs is 2. The third-order valence-electron chi connectivity index (χ3n) is 5.43. The molecule has 6 nitrogen and oxygen atoms in total. The molecule has 4 aromatic heterocycles. The van der Waals surface area contributed by atoms with Gasteiger partial charge in [0.1, 0.15) is 17.5 Å². The van der Waals surface area contributed by atoms with E-state index in [0.29, 0.717) is 35.4 Å². The normalized spacial score (nSPS) is 11.5. The molecule has 1 aromatic carbocycles. The van der Waals surface area contributed by atoms with Crippen LogP contribution in [0.4, 0.5) is 14.6 Å². The van der Waals surface area contributed by atoms with Gasteiger partial charge < -0.3 is 10.3 Å². The van der Waals surface area contributed by atoms with Gasteiger partial charge in [-0.2, -0.15) is 9.61 Å². The second-order valence-electron chi connectivity index (χ2n) is 7.55. The number of benzene rings is 1. The van der Waals surface area contributed by atoms with Crippen LogP contribution in [-0.4, -0.2) is 31.1 Å². The minimum absolute atomic E-state index is 0.254. The van der Waals surface area contributed by atoms with E-state index in [1.807, 2.05) is 26.0 Å². The van der Waals surface area contributed by atoms with Gasteiger partial charge in [0.25, 0.3) is 0 Å². The van der Waals surface area contributed by atoms with E-state index in [2.05, 4.69) is 25.4 Å². The lowest BCUT2D eigenvalue weighted by Crippen LogP contribution is -2.10. The Morgan fingerprint density at radius 2 is 1.97 bits per heavy atom. The van der Waals surface area contributed by atoms with E-state index >= 15 is 0 Å². The SMILES string of the molecule is Cc1[nH]c2c(F)cccc2c1CCNc1cc(-c2cncc(F)c2)nc2c(C)cnn12. The number of hydrogen-bond donors (Lipinski definition) is 2. The van der Waals surface area contributed by atoms with Crippen molar-refractivity contribution in [1.29, 1.82) is 0 Å². The number of pyridine rings is 1. The predicted molar refractivity (Wildman–Crippen MR) is 116 cm³/mol. The summed E-state index contributed by atoms with van der Waals surface area (Å²) < 4.78 is 29.5. The Hall–Kier alpha value is -3.81. The van der Waals surface area contributed by atoms with E-state index in [1.54, 1.807) is 23.0 Å². The molecular weight excluding hydrogens is 398 g/mol. The molecule has 0 spiro atoms. The van der Waals surface area contributed by atoms with Crippen molar-refractivity contribution in [3.63, 3.8) is 0 Å². The molecule has 0 bridgehead atoms. The van der Waals surface area contributed by atoms with Crippen molar-refractivity contribution >= 4 is 22.4 Å². The van der Waals surface area contributed by atoms with Gasteiger partial charge in [-0.05, 0) is 38.0 Å². The van der Waals surface area contributed by atoms with Crippen LogP contribution in [0.3, 0.4) is 0 Å². The van der Waals surface area contributed by atoms with Crippen LogP contribution < -0.4 is 5.32 Å². The first-order chi connectivity index (χ1) is 15.0. The lowest BCUT2D eigenvalue weighted by molar-refractivity contribution is 0.622. The van der Waals surface area contributed by atoms with Crippen molar-refractivity contribution in [3.8, 4) is 11.3 Å². The average Bonchev–Trinajstić information content (AvgIpc) is 3.29. The standard InChI is InChI=1S/C23H20F2N6/c1-13-10-28-31-21(9-20(30-23(13)31)15-8-16(24)12-26-11-15)27-7-6-17-14(2)29-22-18(17)4-3-5-19(22)25/h3-5,8-12,27,29H,6-7H2,1-2H3. The van der Waals surface area contributed by atoms with Crippen LogP contribution >= 0.6 is 0 Å². The fraction of sp³-hybridized carbons (Fsp3) is 0.174. The quantitative estimate of drug-likeness (QED) is 0.429. The van der Waals surface area contributed by atoms with Crippen LogP contribution in [0.15, 0.2) is 48.9 Å². The van der Waals surface area contributed by atoms with Crippen LogP contribution in [-0.2, 0) is 6.42 Å². The zero-order valence-electron chi connectivity index (χ0n) is 17.1. The second-order valence-corrected chi connectivity index (χ2v) is 7.55. The number of H-pyrrole nitrogens is 1. The van der Waals surface area contributed by atoms with Crippen molar-refractivity contribution in [2.75, 3.05) is 11.9 Å². The van der Waals surface area contributed by atoms with E-state index in [1.165, 1.54) is 12.1 Å². The number of hydrogen-bond acceptors (Lipinski definition) is 4. The van der Waals surface area contributed by atoms with Crippen molar-refractivity contribution in [3.05, 3.63) is 77.4 Å². The minimum atomic E-state index is -0.416. The van der Waals surface area contributed by atoms with Crippen LogP contribution in [0.5, 0.6) is 0 Å². The first-order valence-corrected chi connectivity index (χ1v) is 9.97. The molecule has 5 aromatic rings. The second kappa shape index (κ2) is 7.46. The predicted octanol–water partition coefficient (Wildman–Crippen LogP) is 4.82. The Balaban J connectivity index is 1.47. The Labute approximate surface area is 177 Å². The van der Waals surface area contributed by atoms with Crippen LogP contribution in [0.2, 0.25) is 0 Å². The van der Waals surface area contributed by atoms with E-state index in [-0.39, 0.29) is 5.82 Å². The van der Waals surface area contributed by atoms with E-state index in [0.717, 1.165) is 34.2 Å². The maximum atomic E-state index is 14.1. The number of para-hydroxylation sites is 1. The molecule has 0 unspecified atom stereocenters. The van der Waals surface area contributed by atoms with E-state index in [4.69, 9.17) is 0 Å². The first-order valence-electron chi connectivity index (χ1n) is 9.97. The number of halogens is 2. The molecule has 8 heteroatoms. The summed E-state index contributed by atoms with van der Waals surface area (Å²) in [6.07, 6.45) is 5.18. The Bertz CT molecular complexity index is 1420. The topological polar surface area (TPSA) is 70.9 Å². The highest BCUT2D eigenvalue weighted by molar-refractivity contribution is 5.85. The summed E-state index contributed by atoms with van der Waals surface area (Å²) in [6.45, 7) is 4.48. The third kappa shape index (κ3) is 3.39. The molecule has 4 heterocycles. The van der Waals surface area contributed by atoms with E-state index in [9.17, 15) is 8.78 Å². The smallest absolute Gasteiger partial charge is 0.160 e. The maximum Gasteiger partial charge on any atom is 0.160 e. The van der Waals surface area contributed by atoms with Crippen molar-refractivity contribution in [1.82, 2.24) is 24.6 Å². The molecular formula is C23H20F2N6. The van der Waals surface area contributed by atoms with Gasteiger partial charge in [0.15, 0.2) is 5.65 Å². The van der Waals surface area contributed by atoms with Gasteiger partial charge in [-0.1, -0.05) is 12.1 Å². The molecule has 156 valence electrons. The van der Waals surface area contributed by atoms with Gasteiger partial charge >= 0.3 is 0 Å². The van der Waals surface area contributed by atoms with Crippen LogP contribution in [0.1, 0.15) is 16.8 Å². The summed E-state index contributed by atoms with van der Waals surface area (Å²) in [4.78, 5) is 11.7. The first kappa shape index (κ1) is 19.2. The van der Waals surface area contributed by atoms with Crippen LogP contribution in [0, 0.1) is 25.5 Å². The molecule has 0 aliphatic heterocycles. The van der Waals surface area contributed by atoms with Gasteiger partial charge in [-0.25, -0.2) is 13.8 Å². The van der Waals surface area contributed by atoms with Gasteiger partial charge in [0, 0.05) is 41.0 Å². The average molecular weight is 418 g/mol. The number of anilines is 1. The monoisotopic (exact) mass is 418 g/mol. The van der Waals surface area contributed by atoms with Crippen molar-refractivity contribution in [2.45, 2.75) is 20.3 Å². The highest BCUT2D eigenvalue weighted by atomic mass is 19.1. The molecule has 0 saturated carbocycles. The maximum absolute atomic E-state index is 14.1. The summed E-state index contributed by atoms with van der Waals surface area (Å²) in [5.41, 5.74) is 5.35. The fourth-order valence-electron chi connectivity index (χ4n) is 3.90. The number of rotatable bonds is 5. The molecule has 0 aliphatic carbocycles. The fourth-order valence-corrected chi connectivity index (χ4v) is 3.90. The highest BCUT2D eigenvalue weighted by Crippen LogP contribution is 2.26. The molecule has 0 aliphatic rings. The largest absolute Gasteiger partial charge is 0.370 e. The molecule has 0 amide bonds. The molecule has 0 radical (unpaired) electrons. The zero-order chi connectivity index (χ0) is 21.5. The van der Waals surface area contributed by atoms with Gasteiger partial charge in [0.2, 0.25) is 0 Å². The summed E-state index contributed by atoms with van der Waals surface area (Å²) in [5, 5.41) is 8.71. The summed E-state index contributed by atoms with van der Waals surface area (Å²) in [5.74, 6) is 0.0676. The summed E-state index contributed by atoms with van der Waals surface area (Å²) >= 11 is 0. The van der Waals surface area contributed by atoms with E-state index < -0.39 is 5.82 Å². The number of aryl methyl sites for hydroxylation is 2. The third-order valence-corrected chi connectivity index (χ3v) is 5.43. The molecule has 0 fully saturated rings. The number of aromatic amines is 1. The molecule has 0 atom stereocenters. The molecule has 2 N–H and O–H groups in total. The highest BCUT2D eigenvalue weighted by Gasteiger charge is 2.14. The lowest BCUT2D eigenvalue weighted by Gasteiger charge is -2.11. The summed E-state index contributed by atoms with van der Waals surface area (Å²) in [7, 11) is 0. The molecule has 31 heavy (non-hydrogen) atoms.